The van der Waals surface area contributed by atoms with E-state index in [1.807, 2.05) is 13.8 Å². The Bertz CT molecular complexity index is 3560. The molecule has 115 heavy (non-hydrogen) atoms. The smallest absolute Gasteiger partial charge is 0.245 e. The van der Waals surface area contributed by atoms with Gasteiger partial charge in [0.15, 0.2) is 17.9 Å². The highest BCUT2D eigenvalue weighted by Crippen LogP contribution is 2.23. The highest BCUT2D eigenvalue weighted by atomic mass is 16.3. The van der Waals surface area contributed by atoms with Gasteiger partial charge in [-0.15, -0.1) is 0 Å². The first-order valence-corrected chi connectivity index (χ1v) is 39.5. The van der Waals surface area contributed by atoms with Gasteiger partial charge in [-0.2, -0.15) is 0 Å². The monoisotopic (exact) mass is 1620 g/mol. The van der Waals surface area contributed by atoms with Crippen LogP contribution in [-0.2, 0) is 75.2 Å². The van der Waals surface area contributed by atoms with Gasteiger partial charge in [-0.1, -0.05) is 90.4 Å². The van der Waals surface area contributed by atoms with Gasteiger partial charge in [-0.3, -0.25) is 77.3 Å². The molecular weight excluding hydrogens is 1490 g/mol. The standard InChI is InChI=1S/C76H129N25O14/c1-8-45(6)61(72(114)97-55(26-18-36-89-76(85)86)73(115)101-37-19-27-59(101)71(113)96-52(23-13-15-33-78)66(108)98-56(38-43(2)3)68(110)93-51(62(80)104)22-12-14-32-77)100-67(109)54(25-17-35-88-75(83)84)94-65(107)53(24-16-34-87-74(81)82)95-69(111)57(39-44(4)5)99-70(112)58(41-47-20-10-9-11-21-47)92-60(103)42-90-63(105)46(7)91-64(106)50(79)40-48-28-30-49(102)31-29-48/h9-11,20-21,28-31,43-46,50-59,61,102H,8,12-19,22-27,32-42,77-79H2,1-7H3,(H2,80,104)(H,90,105)(H,91,106)(H,92,103)(H,93,110)(H,94,107)(H,95,111)(H,96,113)(H,97,114)(H,98,108)(H,99,112)(H,100,109)(H4,81,82,87)(H4,83,84,88)(H4,85,86,89)/t45-,46+,50-,51-,52-,53-,54-,55-,56-,57-,58-,59-,61-/m0/s1. The van der Waals surface area contributed by atoms with Gasteiger partial charge in [0.1, 0.15) is 72.2 Å². The van der Waals surface area contributed by atoms with Crippen LogP contribution in [0.4, 0.5) is 0 Å². The SMILES string of the molecule is CC[C@H](C)[C@H](NC(=O)[C@H](CCCN=C(N)N)NC(=O)[C@H](CCCN=C(N)N)NC(=O)[C@H](CC(C)C)NC(=O)[C@H](Cc1ccccc1)NC(=O)CNC(=O)[C@@H](C)NC(=O)[C@@H](N)Cc1ccc(O)cc1)C(=O)N[C@@H](CCCN=C(N)N)C(=O)N1CCC[C@H]1C(=O)N[C@@H](CCCCN)C(=O)N[C@@H](CC(C)C)C(=O)N[C@@H](CCCCN)C(N)=O. The zero-order valence-electron chi connectivity index (χ0n) is 67.6. The lowest BCUT2D eigenvalue weighted by atomic mass is 9.96. The van der Waals surface area contributed by atoms with Crippen LogP contribution in [0.1, 0.15) is 169 Å². The first-order valence-electron chi connectivity index (χ1n) is 39.5. The maximum absolute atomic E-state index is 15.1. The molecule has 1 aliphatic rings. The van der Waals surface area contributed by atoms with Gasteiger partial charge < -0.3 is 126 Å². The van der Waals surface area contributed by atoms with E-state index in [1.165, 1.54) is 24.0 Å². The van der Waals surface area contributed by atoms with Gasteiger partial charge in [-0.05, 0) is 170 Å². The van der Waals surface area contributed by atoms with E-state index >= 15 is 4.79 Å². The number of unbranched alkanes of at least 4 members (excludes halogenated alkanes) is 2. The Balaban J connectivity index is 1.98. The van der Waals surface area contributed by atoms with Crippen molar-refractivity contribution >= 4 is 94.7 Å². The number of nitrogens with two attached hydrogens (primary N) is 10. The van der Waals surface area contributed by atoms with Crippen LogP contribution < -0.4 is 116 Å². The summed E-state index contributed by atoms with van der Waals surface area (Å²) in [7, 11) is 0. The Labute approximate surface area is 673 Å². The summed E-state index contributed by atoms with van der Waals surface area (Å²) in [5.41, 5.74) is 58.4. The van der Waals surface area contributed by atoms with Crippen molar-refractivity contribution in [3.8, 4) is 5.75 Å². The number of nitrogens with one attached hydrogen (secondary N) is 11. The molecule has 1 saturated heterocycles. The van der Waals surface area contributed by atoms with Crippen molar-refractivity contribution in [3.05, 3.63) is 65.7 Å². The summed E-state index contributed by atoms with van der Waals surface area (Å²) in [6.45, 7) is 12.1. The average Bonchev–Trinajstić information content (AvgIpc) is 1.73. The van der Waals surface area contributed by atoms with Crippen molar-refractivity contribution in [1.82, 2.24) is 63.4 Å². The Morgan fingerprint density at radius 3 is 1.37 bits per heavy atom. The van der Waals surface area contributed by atoms with Crippen LogP contribution >= 0.6 is 0 Å². The number of guanidine groups is 3. The van der Waals surface area contributed by atoms with E-state index in [2.05, 4.69) is 73.5 Å². The minimum Gasteiger partial charge on any atom is -0.508 e. The number of carbonyl (C=O) groups is 13. The molecule has 1 heterocycles. The first-order chi connectivity index (χ1) is 54.5. The van der Waals surface area contributed by atoms with Gasteiger partial charge in [0.05, 0.1) is 12.6 Å². The number of rotatable bonds is 54. The first kappa shape index (κ1) is 98.2. The third-order valence-corrected chi connectivity index (χ3v) is 19.1. The number of aromatic hydroxyl groups is 1. The van der Waals surface area contributed by atoms with E-state index < -0.39 is 162 Å². The van der Waals surface area contributed by atoms with Gasteiger partial charge in [0, 0.05) is 32.6 Å². The number of primary amides is 1. The zero-order chi connectivity index (χ0) is 85.9. The van der Waals surface area contributed by atoms with Crippen molar-refractivity contribution in [3.63, 3.8) is 0 Å². The van der Waals surface area contributed by atoms with Crippen LogP contribution in [0.15, 0.2) is 69.6 Å². The number of likely N-dealkylation sites (tertiary alicyclic amines) is 1. The third kappa shape index (κ3) is 37.7. The van der Waals surface area contributed by atoms with Crippen LogP contribution in [0.25, 0.3) is 0 Å². The highest BCUT2D eigenvalue weighted by molar-refractivity contribution is 6.00. The number of phenolic OH excluding ortho intramolecular Hbond substituents is 1. The maximum atomic E-state index is 15.1. The molecule has 1 aliphatic heterocycles. The minimum atomic E-state index is -1.48. The molecule has 32 N–H and O–H groups in total. The molecule has 0 aliphatic carbocycles. The van der Waals surface area contributed by atoms with Gasteiger partial charge >= 0.3 is 0 Å². The van der Waals surface area contributed by atoms with E-state index in [0.717, 1.165) is 0 Å². The fourth-order valence-electron chi connectivity index (χ4n) is 12.6. The normalized spacial score (nSPS) is 15.6. The average molecular weight is 1620 g/mol. The van der Waals surface area contributed by atoms with Crippen molar-refractivity contribution in [2.45, 2.75) is 243 Å². The molecule has 0 unspecified atom stereocenters. The zero-order valence-corrected chi connectivity index (χ0v) is 67.6. The summed E-state index contributed by atoms with van der Waals surface area (Å²) in [6.07, 6.45) is 3.06. The number of nitrogens with zero attached hydrogens (tertiary/aromatic N) is 4. The minimum absolute atomic E-state index is 0.00433. The van der Waals surface area contributed by atoms with Gasteiger partial charge in [-0.25, -0.2) is 0 Å². The molecule has 642 valence electrons. The molecule has 0 radical (unpaired) electrons. The number of hydrogen-bond donors (Lipinski definition) is 22. The molecule has 0 saturated carbocycles. The topological polar surface area (TPSA) is 675 Å². The fraction of sp³-hybridized carbons (Fsp3) is 0.632. The Morgan fingerprint density at radius 2 is 0.887 bits per heavy atom. The van der Waals surface area contributed by atoms with E-state index in [9.17, 15) is 62.6 Å². The lowest BCUT2D eigenvalue weighted by Crippen LogP contribution is -2.61. The molecule has 2 aromatic carbocycles. The molecular formula is C76H129N25O14. The van der Waals surface area contributed by atoms with E-state index in [-0.39, 0.29) is 158 Å². The predicted molar refractivity (Wildman–Crippen MR) is 436 cm³/mol. The van der Waals surface area contributed by atoms with E-state index in [1.54, 1.807) is 70.2 Å². The molecule has 13 atom stereocenters. The van der Waals surface area contributed by atoms with Crippen molar-refractivity contribution in [1.29, 1.82) is 0 Å². The summed E-state index contributed by atoms with van der Waals surface area (Å²) in [5, 5.41) is 39.3. The van der Waals surface area contributed by atoms with Crippen LogP contribution in [-0.4, -0.2) is 223 Å². The molecule has 1 fully saturated rings. The molecule has 2 aromatic rings. The summed E-state index contributed by atoms with van der Waals surface area (Å²) in [6, 6.07) is -0.568. The van der Waals surface area contributed by atoms with Crippen LogP contribution in [0.3, 0.4) is 0 Å². The van der Waals surface area contributed by atoms with Gasteiger partial charge in [0.2, 0.25) is 76.8 Å². The molecule has 0 spiro atoms. The fourth-order valence-corrected chi connectivity index (χ4v) is 12.6. The summed E-state index contributed by atoms with van der Waals surface area (Å²) in [4.78, 5) is 198. The summed E-state index contributed by atoms with van der Waals surface area (Å²) in [5.74, 6) is -11.8. The van der Waals surface area contributed by atoms with Gasteiger partial charge in [0.25, 0.3) is 0 Å². The number of carbonyl (C=O) groups excluding carboxylic acids is 13. The van der Waals surface area contributed by atoms with Crippen LogP contribution in [0.5, 0.6) is 5.75 Å². The van der Waals surface area contributed by atoms with Crippen molar-refractivity contribution in [2.24, 2.45) is 90.1 Å². The molecule has 0 bridgehead atoms. The second-order valence-corrected chi connectivity index (χ2v) is 29.8. The Morgan fingerprint density at radius 1 is 0.461 bits per heavy atom. The highest BCUT2D eigenvalue weighted by Gasteiger charge is 2.42. The molecule has 39 heteroatoms. The number of benzene rings is 2. The second kappa shape index (κ2) is 52.4. The van der Waals surface area contributed by atoms with E-state index in [4.69, 9.17) is 57.3 Å². The quantitative estimate of drug-likeness (QED) is 0.0169. The second-order valence-electron chi connectivity index (χ2n) is 29.8. The largest absolute Gasteiger partial charge is 0.508 e. The molecule has 13 amide bonds. The lowest BCUT2D eigenvalue weighted by molar-refractivity contribution is -0.143. The number of amides is 13. The molecule has 0 aromatic heterocycles. The predicted octanol–water partition coefficient (Wildman–Crippen LogP) is -4.48. The summed E-state index contributed by atoms with van der Waals surface area (Å²) < 4.78 is 0. The van der Waals surface area contributed by atoms with Crippen LogP contribution in [0, 0.1) is 17.8 Å². The summed E-state index contributed by atoms with van der Waals surface area (Å²) >= 11 is 0. The molecule has 3 rings (SSSR count). The Kier molecular flexibility index (Phi) is 44.8. The maximum Gasteiger partial charge on any atom is 0.245 e. The number of phenols is 1. The van der Waals surface area contributed by atoms with Crippen molar-refractivity contribution in [2.75, 3.05) is 45.8 Å². The Hall–Kier alpha value is -11.0. The van der Waals surface area contributed by atoms with Crippen molar-refractivity contribution < 1.29 is 67.4 Å². The number of hydrogen-bond acceptors (Lipinski definition) is 20. The number of aliphatic imine (C=N–C) groups is 3. The lowest BCUT2D eigenvalue weighted by Gasteiger charge is -2.32. The van der Waals surface area contributed by atoms with E-state index in [0.29, 0.717) is 49.8 Å². The third-order valence-electron chi connectivity index (χ3n) is 19.1. The van der Waals surface area contributed by atoms with Crippen LogP contribution in [0.2, 0.25) is 0 Å². The molecule has 39 nitrogen and oxygen atoms in total.